The molecule has 1 aliphatic rings. The molecule has 1 aliphatic heterocycles. The van der Waals surface area contributed by atoms with Gasteiger partial charge >= 0.3 is 0 Å². The number of fused-ring (bicyclic) bond motifs is 1. The fourth-order valence-corrected chi connectivity index (χ4v) is 3.03. The summed E-state index contributed by atoms with van der Waals surface area (Å²) in [6.45, 7) is 2.11. The molecule has 0 fully saturated rings. The average molecular weight is 334 g/mol. The molecule has 25 heavy (non-hydrogen) atoms. The number of hydrogen-bond donors (Lipinski definition) is 2. The maximum Gasteiger partial charge on any atom is 0.259 e. The highest BCUT2D eigenvalue weighted by atomic mass is 16.1. The Hall–Kier alpha value is -3.22. The standard InChI is InChI=1S/C18H18N6O/c1-12-10-15(13-6-3-2-4-7-13)24-18(20-12)22-17(23-24)21-16(25)14-8-5-9-19-11-14/h2-9,11-12,15H,10H2,1H3,(H2,20,21,22,23,25)/t12-,15+/m1/s1. The summed E-state index contributed by atoms with van der Waals surface area (Å²) in [5.41, 5.74) is 1.64. The van der Waals surface area contributed by atoms with Crippen LogP contribution in [0.4, 0.5) is 11.9 Å². The van der Waals surface area contributed by atoms with E-state index in [0.717, 1.165) is 6.42 Å². The van der Waals surface area contributed by atoms with Gasteiger partial charge in [-0.2, -0.15) is 4.98 Å². The Kier molecular flexibility index (Phi) is 3.89. The third-order valence-electron chi connectivity index (χ3n) is 4.21. The number of benzene rings is 1. The lowest BCUT2D eigenvalue weighted by Crippen LogP contribution is -2.31. The van der Waals surface area contributed by atoms with Crippen molar-refractivity contribution >= 4 is 17.8 Å². The molecule has 0 spiro atoms. The van der Waals surface area contributed by atoms with Gasteiger partial charge in [0.15, 0.2) is 0 Å². The first-order valence-corrected chi connectivity index (χ1v) is 8.20. The molecule has 1 amide bonds. The highest BCUT2D eigenvalue weighted by Gasteiger charge is 2.28. The Labute approximate surface area is 145 Å². The quantitative estimate of drug-likeness (QED) is 0.769. The van der Waals surface area contributed by atoms with Crippen molar-refractivity contribution in [2.45, 2.75) is 25.4 Å². The van der Waals surface area contributed by atoms with Crippen molar-refractivity contribution in [3.05, 3.63) is 66.0 Å². The first kappa shape index (κ1) is 15.3. The van der Waals surface area contributed by atoms with Crippen LogP contribution in [0.3, 0.4) is 0 Å². The molecule has 0 aliphatic carbocycles. The van der Waals surface area contributed by atoms with E-state index in [-0.39, 0.29) is 23.9 Å². The van der Waals surface area contributed by atoms with Crippen LogP contribution in [-0.2, 0) is 0 Å². The van der Waals surface area contributed by atoms with E-state index < -0.39 is 0 Å². The number of aromatic nitrogens is 4. The topological polar surface area (TPSA) is 84.7 Å². The van der Waals surface area contributed by atoms with Crippen LogP contribution < -0.4 is 10.6 Å². The zero-order valence-corrected chi connectivity index (χ0v) is 13.8. The summed E-state index contributed by atoms with van der Waals surface area (Å²) < 4.78 is 1.84. The van der Waals surface area contributed by atoms with Gasteiger partial charge in [0, 0.05) is 18.4 Å². The molecule has 7 heteroatoms. The molecule has 0 radical (unpaired) electrons. The van der Waals surface area contributed by atoms with Crippen LogP contribution in [0.5, 0.6) is 0 Å². The third-order valence-corrected chi connectivity index (χ3v) is 4.21. The fraction of sp³-hybridized carbons (Fsp3) is 0.222. The molecule has 0 unspecified atom stereocenters. The van der Waals surface area contributed by atoms with Crippen molar-refractivity contribution in [2.75, 3.05) is 10.6 Å². The number of amides is 1. The Morgan fingerprint density at radius 3 is 2.84 bits per heavy atom. The van der Waals surface area contributed by atoms with Gasteiger partial charge in [-0.05, 0) is 31.0 Å². The molecule has 0 saturated heterocycles. The highest BCUT2D eigenvalue weighted by Crippen LogP contribution is 2.31. The summed E-state index contributed by atoms with van der Waals surface area (Å²) in [5, 5.41) is 10.6. The van der Waals surface area contributed by atoms with Gasteiger partial charge in [0.1, 0.15) is 0 Å². The highest BCUT2D eigenvalue weighted by molar-refractivity contribution is 6.03. The fourth-order valence-electron chi connectivity index (χ4n) is 3.03. The van der Waals surface area contributed by atoms with Gasteiger partial charge in [0.25, 0.3) is 11.9 Å². The van der Waals surface area contributed by atoms with Crippen LogP contribution in [0.15, 0.2) is 54.9 Å². The lowest BCUT2D eigenvalue weighted by molar-refractivity contribution is 0.102. The lowest BCUT2D eigenvalue weighted by atomic mass is 9.99. The van der Waals surface area contributed by atoms with Gasteiger partial charge in [0.05, 0.1) is 11.6 Å². The van der Waals surface area contributed by atoms with Crippen LogP contribution in [0.2, 0.25) is 0 Å². The van der Waals surface area contributed by atoms with Gasteiger partial charge < -0.3 is 5.32 Å². The molecule has 2 aromatic heterocycles. The predicted octanol–water partition coefficient (Wildman–Crippen LogP) is 2.72. The number of nitrogens with zero attached hydrogens (tertiary/aromatic N) is 4. The van der Waals surface area contributed by atoms with Gasteiger partial charge in [-0.3, -0.25) is 15.1 Å². The molecule has 2 atom stereocenters. The molecular weight excluding hydrogens is 316 g/mol. The summed E-state index contributed by atoms with van der Waals surface area (Å²) in [5.74, 6) is 0.667. The molecule has 3 heterocycles. The maximum absolute atomic E-state index is 12.3. The number of carbonyl (C=O) groups is 1. The van der Waals surface area contributed by atoms with Crippen molar-refractivity contribution in [2.24, 2.45) is 0 Å². The van der Waals surface area contributed by atoms with Crippen LogP contribution >= 0.6 is 0 Å². The van der Waals surface area contributed by atoms with Crippen molar-refractivity contribution in [3.63, 3.8) is 0 Å². The normalized spacial score (nSPS) is 18.9. The zero-order valence-electron chi connectivity index (χ0n) is 13.8. The van der Waals surface area contributed by atoms with E-state index in [2.05, 4.69) is 44.8 Å². The largest absolute Gasteiger partial charge is 0.352 e. The van der Waals surface area contributed by atoms with Crippen molar-refractivity contribution in [1.29, 1.82) is 0 Å². The number of hydrogen-bond acceptors (Lipinski definition) is 5. The molecule has 7 nitrogen and oxygen atoms in total. The summed E-state index contributed by atoms with van der Waals surface area (Å²) in [4.78, 5) is 20.7. The monoisotopic (exact) mass is 334 g/mol. The average Bonchev–Trinajstić information content (AvgIpc) is 3.04. The number of pyridine rings is 1. The number of anilines is 2. The zero-order chi connectivity index (χ0) is 17.2. The SMILES string of the molecule is C[C@@H]1C[C@@H](c2ccccc2)n2nc(NC(=O)c3cccnc3)nc2N1. The molecule has 2 N–H and O–H groups in total. The van der Waals surface area contributed by atoms with Gasteiger partial charge in [-0.1, -0.05) is 30.3 Å². The lowest BCUT2D eigenvalue weighted by Gasteiger charge is -2.29. The second-order valence-electron chi connectivity index (χ2n) is 6.11. The van der Waals surface area contributed by atoms with E-state index in [1.54, 1.807) is 18.3 Å². The molecule has 0 saturated carbocycles. The van der Waals surface area contributed by atoms with Crippen molar-refractivity contribution < 1.29 is 4.79 Å². The van der Waals surface area contributed by atoms with Gasteiger partial charge in [-0.25, -0.2) is 4.68 Å². The molecule has 126 valence electrons. The first-order valence-electron chi connectivity index (χ1n) is 8.20. The molecular formula is C18H18N6O. The minimum Gasteiger partial charge on any atom is -0.352 e. The Bertz CT molecular complexity index is 877. The Balaban J connectivity index is 1.62. The number of carbonyl (C=O) groups excluding carboxylic acids is 1. The van der Waals surface area contributed by atoms with E-state index in [1.807, 2.05) is 22.9 Å². The summed E-state index contributed by atoms with van der Waals surface area (Å²) >= 11 is 0. The summed E-state index contributed by atoms with van der Waals surface area (Å²) in [6.07, 6.45) is 4.04. The van der Waals surface area contributed by atoms with Gasteiger partial charge in [0.2, 0.25) is 5.95 Å². The minimum atomic E-state index is -0.277. The molecule has 3 aromatic rings. The third kappa shape index (κ3) is 3.08. The minimum absolute atomic E-state index is 0.0870. The predicted molar refractivity (Wildman–Crippen MR) is 94.5 cm³/mol. The second-order valence-corrected chi connectivity index (χ2v) is 6.11. The Morgan fingerprint density at radius 2 is 2.08 bits per heavy atom. The van der Waals surface area contributed by atoms with E-state index in [0.29, 0.717) is 11.5 Å². The van der Waals surface area contributed by atoms with Crippen LogP contribution in [0, 0.1) is 0 Å². The van der Waals surface area contributed by atoms with Crippen molar-refractivity contribution in [3.8, 4) is 0 Å². The molecule has 0 bridgehead atoms. The first-order chi connectivity index (χ1) is 12.2. The molecule has 4 rings (SSSR count). The molecule has 1 aromatic carbocycles. The van der Waals surface area contributed by atoms with Crippen molar-refractivity contribution in [1.82, 2.24) is 19.7 Å². The second kappa shape index (κ2) is 6.35. The van der Waals surface area contributed by atoms with Crippen LogP contribution in [0.25, 0.3) is 0 Å². The van der Waals surface area contributed by atoms with Gasteiger partial charge in [-0.15, -0.1) is 5.10 Å². The van der Waals surface area contributed by atoms with Crippen LogP contribution in [0.1, 0.15) is 35.3 Å². The van der Waals surface area contributed by atoms with Crippen LogP contribution in [-0.4, -0.2) is 31.7 Å². The Morgan fingerprint density at radius 1 is 1.24 bits per heavy atom. The number of rotatable bonds is 3. The van der Waals surface area contributed by atoms with E-state index in [1.165, 1.54) is 11.8 Å². The smallest absolute Gasteiger partial charge is 0.259 e. The maximum atomic E-state index is 12.3. The van der Waals surface area contributed by atoms with E-state index >= 15 is 0 Å². The number of nitrogens with one attached hydrogen (secondary N) is 2. The van der Waals surface area contributed by atoms with E-state index in [4.69, 9.17) is 0 Å². The van der Waals surface area contributed by atoms with E-state index in [9.17, 15) is 4.79 Å². The summed E-state index contributed by atoms with van der Waals surface area (Å²) in [7, 11) is 0. The summed E-state index contributed by atoms with van der Waals surface area (Å²) in [6, 6.07) is 14.0.